The van der Waals surface area contributed by atoms with Crippen LogP contribution in [-0.4, -0.2) is 10.9 Å². The minimum atomic E-state index is -0.653. The summed E-state index contributed by atoms with van der Waals surface area (Å²) in [7, 11) is 0. The van der Waals surface area contributed by atoms with Crippen LogP contribution in [0.25, 0.3) is 11.1 Å². The van der Waals surface area contributed by atoms with E-state index in [0.717, 1.165) is 16.7 Å². The van der Waals surface area contributed by atoms with E-state index in [2.05, 4.69) is 0 Å². The van der Waals surface area contributed by atoms with Gasteiger partial charge in [-0.15, -0.1) is 0 Å². The molecular formula is C16H13FO2. The number of phenols is 1. The lowest BCUT2D eigenvalue weighted by Crippen LogP contribution is -1.99. The number of rotatable bonds is 0. The number of carbonyl (C=O) groups is 1. The van der Waals surface area contributed by atoms with Crippen molar-refractivity contribution < 1.29 is 14.3 Å². The number of Topliss-reactive ketones (excluding diaryl/α,β-unsaturated/α-hetero) is 1. The second-order valence-electron chi connectivity index (χ2n) is 4.93. The highest BCUT2D eigenvalue weighted by atomic mass is 19.1. The maximum absolute atomic E-state index is 13.6. The third kappa shape index (κ3) is 1.91. The van der Waals surface area contributed by atoms with Gasteiger partial charge in [-0.2, -0.15) is 0 Å². The molecule has 96 valence electrons. The average molecular weight is 256 g/mol. The smallest absolute Gasteiger partial charge is 0.165 e. The van der Waals surface area contributed by atoms with Gasteiger partial charge in [0.25, 0.3) is 0 Å². The average Bonchev–Trinajstić information content (AvgIpc) is 2.50. The van der Waals surface area contributed by atoms with Gasteiger partial charge >= 0.3 is 0 Å². The van der Waals surface area contributed by atoms with E-state index in [1.165, 1.54) is 12.1 Å². The number of benzene rings is 2. The van der Waals surface area contributed by atoms with Gasteiger partial charge < -0.3 is 5.11 Å². The fourth-order valence-electron chi connectivity index (χ4n) is 2.57. The molecule has 0 heterocycles. The highest BCUT2D eigenvalue weighted by Gasteiger charge is 2.21. The molecule has 19 heavy (non-hydrogen) atoms. The van der Waals surface area contributed by atoms with Crippen molar-refractivity contribution in [3.8, 4) is 16.9 Å². The zero-order valence-electron chi connectivity index (χ0n) is 10.5. The van der Waals surface area contributed by atoms with Crippen LogP contribution in [0.5, 0.6) is 5.75 Å². The molecule has 0 saturated carbocycles. The van der Waals surface area contributed by atoms with Gasteiger partial charge in [0.05, 0.1) is 0 Å². The van der Waals surface area contributed by atoms with Crippen molar-refractivity contribution >= 4 is 5.78 Å². The molecule has 0 bridgehead atoms. The Labute approximate surface area is 110 Å². The molecular weight excluding hydrogens is 243 g/mol. The Morgan fingerprint density at radius 1 is 1.05 bits per heavy atom. The van der Waals surface area contributed by atoms with Gasteiger partial charge in [0.1, 0.15) is 0 Å². The minimum Gasteiger partial charge on any atom is -0.505 e. The van der Waals surface area contributed by atoms with Gasteiger partial charge in [0, 0.05) is 12.0 Å². The predicted molar refractivity (Wildman–Crippen MR) is 70.9 cm³/mol. The molecule has 0 aliphatic heterocycles. The number of phenolic OH excluding ortho intramolecular Hbond substituents is 1. The quantitative estimate of drug-likeness (QED) is 0.781. The zero-order chi connectivity index (χ0) is 13.6. The summed E-state index contributed by atoms with van der Waals surface area (Å²) in [6.07, 6.45) is 0.907. The highest BCUT2D eigenvalue weighted by molar-refractivity contribution is 6.04. The molecule has 3 heteroatoms. The lowest BCUT2D eigenvalue weighted by molar-refractivity contribution is 0.0984. The van der Waals surface area contributed by atoms with Crippen LogP contribution >= 0.6 is 0 Å². The second kappa shape index (κ2) is 4.19. The van der Waals surface area contributed by atoms with Crippen molar-refractivity contribution in [1.82, 2.24) is 0 Å². The molecule has 0 fully saturated rings. The molecule has 0 atom stereocenters. The Kier molecular flexibility index (Phi) is 2.63. The van der Waals surface area contributed by atoms with Crippen LogP contribution in [-0.2, 0) is 6.42 Å². The number of halogens is 1. The van der Waals surface area contributed by atoms with Crippen molar-refractivity contribution in [3.63, 3.8) is 0 Å². The molecule has 2 nitrogen and oxygen atoms in total. The first kappa shape index (κ1) is 11.9. The van der Waals surface area contributed by atoms with Crippen molar-refractivity contribution in [3.05, 3.63) is 52.8 Å². The van der Waals surface area contributed by atoms with Crippen LogP contribution in [0.2, 0.25) is 0 Å². The van der Waals surface area contributed by atoms with Crippen molar-refractivity contribution in [2.75, 3.05) is 0 Å². The first-order valence-electron chi connectivity index (χ1n) is 6.22. The van der Waals surface area contributed by atoms with Crippen LogP contribution < -0.4 is 0 Å². The SMILES string of the molecule is Cc1ccc2c(c1)C(=O)CCc1cc(O)c(F)cc1-2. The number of aromatic hydroxyl groups is 1. The summed E-state index contributed by atoms with van der Waals surface area (Å²) in [5.41, 5.74) is 3.92. The van der Waals surface area contributed by atoms with Crippen LogP contribution in [0, 0.1) is 12.7 Å². The largest absolute Gasteiger partial charge is 0.505 e. The van der Waals surface area contributed by atoms with E-state index in [1.807, 2.05) is 25.1 Å². The monoisotopic (exact) mass is 256 g/mol. The fraction of sp³-hybridized carbons (Fsp3) is 0.188. The third-order valence-electron chi connectivity index (χ3n) is 3.56. The maximum atomic E-state index is 13.6. The highest BCUT2D eigenvalue weighted by Crippen LogP contribution is 2.35. The van der Waals surface area contributed by atoms with Gasteiger partial charge in [0.15, 0.2) is 17.3 Å². The summed E-state index contributed by atoms with van der Waals surface area (Å²) in [4.78, 5) is 12.1. The number of hydrogen-bond acceptors (Lipinski definition) is 2. The summed E-state index contributed by atoms with van der Waals surface area (Å²) in [5, 5.41) is 9.47. The number of carbonyl (C=O) groups excluding carboxylic acids is 1. The van der Waals surface area contributed by atoms with E-state index >= 15 is 0 Å². The van der Waals surface area contributed by atoms with E-state index in [1.54, 1.807) is 0 Å². The summed E-state index contributed by atoms with van der Waals surface area (Å²) in [6, 6.07) is 8.34. The second-order valence-corrected chi connectivity index (χ2v) is 4.93. The van der Waals surface area contributed by atoms with E-state index in [0.29, 0.717) is 24.0 Å². The van der Waals surface area contributed by atoms with Crippen LogP contribution in [0.4, 0.5) is 4.39 Å². The topological polar surface area (TPSA) is 37.3 Å². The molecule has 0 unspecified atom stereocenters. The third-order valence-corrected chi connectivity index (χ3v) is 3.56. The van der Waals surface area contributed by atoms with Gasteiger partial charge in [-0.25, -0.2) is 4.39 Å². The Morgan fingerprint density at radius 3 is 2.63 bits per heavy atom. The van der Waals surface area contributed by atoms with Crippen LogP contribution in [0.3, 0.4) is 0 Å². The van der Waals surface area contributed by atoms with Gasteiger partial charge in [-0.3, -0.25) is 4.79 Å². The van der Waals surface area contributed by atoms with Crippen LogP contribution in [0.1, 0.15) is 27.9 Å². The van der Waals surface area contributed by atoms with E-state index in [-0.39, 0.29) is 11.5 Å². The molecule has 2 aromatic rings. The molecule has 0 spiro atoms. The fourth-order valence-corrected chi connectivity index (χ4v) is 2.57. The molecule has 1 aliphatic carbocycles. The Hall–Kier alpha value is -2.16. The normalized spacial score (nSPS) is 13.7. The molecule has 0 amide bonds. The van der Waals surface area contributed by atoms with E-state index in [9.17, 15) is 14.3 Å². The lowest BCUT2D eigenvalue weighted by atomic mass is 9.95. The van der Waals surface area contributed by atoms with E-state index < -0.39 is 5.82 Å². The zero-order valence-corrected chi connectivity index (χ0v) is 10.5. The van der Waals surface area contributed by atoms with Crippen LogP contribution in [0.15, 0.2) is 30.3 Å². The predicted octanol–water partition coefficient (Wildman–Crippen LogP) is 3.64. The lowest BCUT2D eigenvalue weighted by Gasteiger charge is -2.10. The number of aryl methyl sites for hydroxylation is 2. The van der Waals surface area contributed by atoms with Gasteiger partial charge in [-0.1, -0.05) is 17.7 Å². The maximum Gasteiger partial charge on any atom is 0.165 e. The molecule has 3 rings (SSSR count). The molecule has 0 radical (unpaired) electrons. The molecule has 0 aromatic heterocycles. The van der Waals surface area contributed by atoms with Crippen molar-refractivity contribution in [2.45, 2.75) is 19.8 Å². The summed E-state index contributed by atoms with van der Waals surface area (Å²) < 4.78 is 13.6. The minimum absolute atomic E-state index is 0.0646. The Bertz CT molecular complexity index is 689. The molecule has 1 aliphatic rings. The van der Waals surface area contributed by atoms with E-state index in [4.69, 9.17) is 0 Å². The summed E-state index contributed by atoms with van der Waals surface area (Å²) in [5.74, 6) is -0.948. The Balaban J connectivity index is 2.32. The van der Waals surface area contributed by atoms with Crippen molar-refractivity contribution in [1.29, 1.82) is 0 Å². The number of ketones is 1. The molecule has 0 saturated heterocycles. The number of hydrogen-bond donors (Lipinski definition) is 1. The summed E-state index contributed by atoms with van der Waals surface area (Å²) in [6.45, 7) is 1.93. The first-order chi connectivity index (χ1) is 9.06. The Morgan fingerprint density at radius 2 is 1.84 bits per heavy atom. The van der Waals surface area contributed by atoms with Gasteiger partial charge in [-0.05, 0) is 48.2 Å². The first-order valence-corrected chi connectivity index (χ1v) is 6.22. The van der Waals surface area contributed by atoms with Crippen molar-refractivity contribution in [2.24, 2.45) is 0 Å². The standard InChI is InChI=1S/C16H13FO2/c1-9-2-4-11-12-8-14(17)16(19)7-10(12)3-5-15(18)13(11)6-9/h2,4,6-8,19H,3,5H2,1H3. The molecule has 1 N–H and O–H groups in total. The number of fused-ring (bicyclic) bond motifs is 3. The molecule has 2 aromatic carbocycles. The summed E-state index contributed by atoms with van der Waals surface area (Å²) >= 11 is 0. The van der Waals surface area contributed by atoms with Gasteiger partial charge in [0.2, 0.25) is 0 Å².